The molecule has 1 unspecified atom stereocenters. The average Bonchev–Trinajstić information content (AvgIpc) is 2.68. The van der Waals surface area contributed by atoms with Crippen molar-refractivity contribution in [3.8, 4) is 0 Å². The van der Waals surface area contributed by atoms with E-state index in [0.29, 0.717) is 18.6 Å². The Morgan fingerprint density at radius 2 is 1.96 bits per heavy atom. The summed E-state index contributed by atoms with van der Waals surface area (Å²) in [6.45, 7) is 10.5. The van der Waals surface area contributed by atoms with Gasteiger partial charge < -0.3 is 20.1 Å². The van der Waals surface area contributed by atoms with E-state index >= 15 is 0 Å². The zero-order valence-electron chi connectivity index (χ0n) is 17.3. The summed E-state index contributed by atoms with van der Waals surface area (Å²) < 4.78 is 10.7. The van der Waals surface area contributed by atoms with Gasteiger partial charge in [-0.1, -0.05) is 38.1 Å². The summed E-state index contributed by atoms with van der Waals surface area (Å²) in [4.78, 5) is 6.92. The van der Waals surface area contributed by atoms with E-state index in [2.05, 4.69) is 58.6 Å². The first kappa shape index (κ1) is 21.7. The minimum Gasteiger partial charge on any atom is -0.380 e. The quantitative estimate of drug-likeness (QED) is 0.511. The van der Waals surface area contributed by atoms with E-state index in [1.54, 1.807) is 7.11 Å². The highest BCUT2D eigenvalue weighted by Crippen LogP contribution is 2.13. The lowest BCUT2D eigenvalue weighted by Gasteiger charge is -2.35. The van der Waals surface area contributed by atoms with Gasteiger partial charge in [0.2, 0.25) is 0 Å². The van der Waals surface area contributed by atoms with Gasteiger partial charge in [0.1, 0.15) is 0 Å². The minimum absolute atomic E-state index is 0.498. The lowest BCUT2D eigenvalue weighted by molar-refractivity contribution is 0.0132. The van der Waals surface area contributed by atoms with Gasteiger partial charge in [-0.3, -0.25) is 9.89 Å². The molecule has 1 aromatic carbocycles. The molecule has 0 radical (unpaired) electrons. The molecule has 0 amide bonds. The van der Waals surface area contributed by atoms with Gasteiger partial charge in [0.25, 0.3) is 0 Å². The Kier molecular flexibility index (Phi) is 9.59. The van der Waals surface area contributed by atoms with Gasteiger partial charge in [-0.25, -0.2) is 0 Å². The molecular formula is C21H36N4O2. The third kappa shape index (κ3) is 7.87. The maximum atomic E-state index is 5.51. The molecule has 0 bridgehead atoms. The van der Waals surface area contributed by atoms with Crippen LogP contribution in [-0.2, 0) is 22.6 Å². The Morgan fingerprint density at radius 3 is 2.63 bits per heavy atom. The molecule has 1 saturated heterocycles. The fraction of sp³-hybridized carbons (Fsp3) is 0.667. The van der Waals surface area contributed by atoms with Crippen molar-refractivity contribution in [2.75, 3.05) is 47.0 Å². The lowest BCUT2D eigenvalue weighted by atomic mass is 10.0. The number of nitrogens with one attached hydrogen (secondary N) is 2. The van der Waals surface area contributed by atoms with Crippen LogP contribution in [0.3, 0.4) is 0 Å². The third-order valence-electron chi connectivity index (χ3n) is 4.80. The van der Waals surface area contributed by atoms with Crippen LogP contribution >= 0.6 is 0 Å². The fourth-order valence-corrected chi connectivity index (χ4v) is 3.47. The number of ether oxygens (including phenoxy) is 2. The standard InChI is InChI=1S/C21H36N4O2/c1-17(2)12-20(25-8-10-27-11-9-25)15-24-21(22-3)23-14-18-6-5-7-19(13-18)16-26-4/h5-7,13,17,20H,8-12,14-16H2,1-4H3,(H2,22,23,24). The molecule has 0 spiro atoms. The monoisotopic (exact) mass is 376 g/mol. The van der Waals surface area contributed by atoms with Crippen LogP contribution in [0.5, 0.6) is 0 Å². The molecule has 1 fully saturated rings. The van der Waals surface area contributed by atoms with Crippen LogP contribution in [0.15, 0.2) is 29.3 Å². The molecule has 1 atom stereocenters. The predicted molar refractivity (Wildman–Crippen MR) is 111 cm³/mol. The first-order valence-corrected chi connectivity index (χ1v) is 9.95. The summed E-state index contributed by atoms with van der Waals surface area (Å²) >= 11 is 0. The summed E-state index contributed by atoms with van der Waals surface area (Å²) in [6, 6.07) is 8.93. The van der Waals surface area contributed by atoms with Crippen LogP contribution in [0, 0.1) is 5.92 Å². The van der Waals surface area contributed by atoms with Crippen molar-refractivity contribution >= 4 is 5.96 Å². The van der Waals surface area contributed by atoms with E-state index in [0.717, 1.165) is 45.4 Å². The molecule has 1 aliphatic heterocycles. The van der Waals surface area contributed by atoms with Gasteiger partial charge in [-0.2, -0.15) is 0 Å². The number of rotatable bonds is 9. The molecule has 0 saturated carbocycles. The smallest absolute Gasteiger partial charge is 0.191 e. The Balaban J connectivity index is 1.86. The second-order valence-electron chi connectivity index (χ2n) is 7.49. The summed E-state index contributed by atoms with van der Waals surface area (Å²) in [5.41, 5.74) is 2.41. The van der Waals surface area contributed by atoms with Crippen molar-refractivity contribution in [3.05, 3.63) is 35.4 Å². The molecule has 27 heavy (non-hydrogen) atoms. The SMILES string of the molecule is CN=C(NCc1cccc(COC)c1)NCC(CC(C)C)N1CCOCC1. The molecule has 1 aromatic rings. The number of morpholine rings is 1. The minimum atomic E-state index is 0.498. The number of guanidine groups is 1. The summed E-state index contributed by atoms with van der Waals surface area (Å²) in [6.07, 6.45) is 1.17. The van der Waals surface area contributed by atoms with Crippen molar-refractivity contribution in [2.24, 2.45) is 10.9 Å². The molecule has 2 rings (SSSR count). The summed E-state index contributed by atoms with van der Waals surface area (Å²) in [5.74, 6) is 1.51. The van der Waals surface area contributed by atoms with Crippen LogP contribution in [0.4, 0.5) is 0 Å². The molecule has 0 aliphatic carbocycles. The number of aliphatic imine (C=N–C) groups is 1. The van der Waals surface area contributed by atoms with Gasteiger partial charge >= 0.3 is 0 Å². The molecule has 0 aromatic heterocycles. The van der Waals surface area contributed by atoms with Gasteiger partial charge in [-0.05, 0) is 23.5 Å². The summed E-state index contributed by atoms with van der Waals surface area (Å²) in [5, 5.41) is 6.94. The average molecular weight is 377 g/mol. The van der Waals surface area contributed by atoms with E-state index in [9.17, 15) is 0 Å². The second-order valence-corrected chi connectivity index (χ2v) is 7.49. The highest BCUT2D eigenvalue weighted by Gasteiger charge is 2.22. The van der Waals surface area contributed by atoms with Crippen LogP contribution < -0.4 is 10.6 Å². The number of hydrogen-bond donors (Lipinski definition) is 2. The zero-order valence-corrected chi connectivity index (χ0v) is 17.3. The van der Waals surface area contributed by atoms with E-state index in [4.69, 9.17) is 9.47 Å². The van der Waals surface area contributed by atoms with Gasteiger partial charge in [0.05, 0.1) is 19.8 Å². The molecule has 6 heteroatoms. The maximum absolute atomic E-state index is 5.51. The Morgan fingerprint density at radius 1 is 1.22 bits per heavy atom. The van der Waals surface area contributed by atoms with E-state index in [-0.39, 0.29) is 0 Å². The van der Waals surface area contributed by atoms with Gasteiger partial charge in [0.15, 0.2) is 5.96 Å². The number of nitrogens with zero attached hydrogens (tertiary/aromatic N) is 2. The summed E-state index contributed by atoms with van der Waals surface area (Å²) in [7, 11) is 3.54. The van der Waals surface area contributed by atoms with Crippen LogP contribution in [0.2, 0.25) is 0 Å². The van der Waals surface area contributed by atoms with Crippen molar-refractivity contribution < 1.29 is 9.47 Å². The van der Waals surface area contributed by atoms with Crippen LogP contribution in [0.25, 0.3) is 0 Å². The van der Waals surface area contributed by atoms with E-state index < -0.39 is 0 Å². The Bertz CT molecular complexity index is 571. The topological polar surface area (TPSA) is 58.1 Å². The number of benzene rings is 1. The number of hydrogen-bond acceptors (Lipinski definition) is 4. The molecular weight excluding hydrogens is 340 g/mol. The van der Waals surface area contributed by atoms with Crippen molar-refractivity contribution in [2.45, 2.75) is 39.5 Å². The largest absolute Gasteiger partial charge is 0.380 e. The van der Waals surface area contributed by atoms with E-state index in [1.165, 1.54) is 17.5 Å². The van der Waals surface area contributed by atoms with Crippen LogP contribution in [-0.4, -0.2) is 63.9 Å². The zero-order chi connectivity index (χ0) is 19.5. The van der Waals surface area contributed by atoms with Crippen molar-refractivity contribution in [3.63, 3.8) is 0 Å². The predicted octanol–water partition coefficient (Wildman–Crippen LogP) is 2.24. The van der Waals surface area contributed by atoms with E-state index in [1.807, 2.05) is 7.05 Å². The first-order chi connectivity index (χ1) is 13.1. The normalized spacial score (nSPS) is 17.1. The first-order valence-electron chi connectivity index (χ1n) is 9.95. The third-order valence-corrected chi connectivity index (χ3v) is 4.80. The molecule has 2 N–H and O–H groups in total. The highest BCUT2D eigenvalue weighted by atomic mass is 16.5. The Hall–Kier alpha value is -1.63. The Labute approximate surface area is 164 Å². The maximum Gasteiger partial charge on any atom is 0.191 e. The molecule has 6 nitrogen and oxygen atoms in total. The second kappa shape index (κ2) is 12.0. The fourth-order valence-electron chi connectivity index (χ4n) is 3.47. The lowest BCUT2D eigenvalue weighted by Crippen LogP contribution is -2.50. The van der Waals surface area contributed by atoms with Crippen LogP contribution in [0.1, 0.15) is 31.4 Å². The number of methoxy groups -OCH3 is 1. The van der Waals surface area contributed by atoms with Crippen molar-refractivity contribution in [1.29, 1.82) is 0 Å². The molecule has 1 heterocycles. The highest BCUT2D eigenvalue weighted by molar-refractivity contribution is 5.79. The van der Waals surface area contributed by atoms with Gasteiger partial charge in [0, 0.05) is 46.4 Å². The molecule has 1 aliphatic rings. The molecule has 152 valence electrons. The van der Waals surface area contributed by atoms with Crippen molar-refractivity contribution in [1.82, 2.24) is 15.5 Å². The van der Waals surface area contributed by atoms with Gasteiger partial charge in [-0.15, -0.1) is 0 Å².